The molecule has 0 unspecified atom stereocenters. The lowest BCUT2D eigenvalue weighted by Gasteiger charge is -2.14. The van der Waals surface area contributed by atoms with Crippen LogP contribution < -0.4 is 10.2 Å². The topological polar surface area (TPSA) is 66.5 Å². The smallest absolute Gasteiger partial charge is 0.266 e. The standard InChI is InChI=1S/C23H18N2O3/c26-21(24-15-14-16-6-2-1-3-7-16)17-10-12-18(13-11-17)25-22(27)19-8-4-5-9-20(19)23(25)28/h1-13H,14-15H2,(H,24,26). The van der Waals surface area contributed by atoms with Crippen LogP contribution in [0.1, 0.15) is 36.6 Å². The molecule has 0 fully saturated rings. The highest BCUT2D eigenvalue weighted by Gasteiger charge is 2.36. The summed E-state index contributed by atoms with van der Waals surface area (Å²) in [5.41, 5.74) is 2.88. The van der Waals surface area contributed by atoms with Gasteiger partial charge in [-0.3, -0.25) is 14.4 Å². The van der Waals surface area contributed by atoms with Crippen molar-refractivity contribution in [1.82, 2.24) is 5.32 Å². The number of amides is 3. The maximum Gasteiger partial charge on any atom is 0.266 e. The van der Waals surface area contributed by atoms with Crippen molar-refractivity contribution in [2.75, 3.05) is 11.4 Å². The summed E-state index contributed by atoms with van der Waals surface area (Å²) in [6.07, 6.45) is 0.750. The second-order valence-electron chi connectivity index (χ2n) is 6.53. The fourth-order valence-electron chi connectivity index (χ4n) is 3.25. The quantitative estimate of drug-likeness (QED) is 0.700. The molecule has 3 aromatic rings. The highest BCUT2D eigenvalue weighted by Crippen LogP contribution is 2.28. The van der Waals surface area contributed by atoms with Crippen molar-refractivity contribution >= 4 is 23.4 Å². The van der Waals surface area contributed by atoms with Crippen LogP contribution in [0.3, 0.4) is 0 Å². The molecule has 0 saturated heterocycles. The molecule has 3 aromatic carbocycles. The Morgan fingerprint density at radius 2 is 1.32 bits per heavy atom. The SMILES string of the molecule is O=C(NCCc1ccccc1)c1ccc(N2C(=O)c3ccccc3C2=O)cc1. The van der Waals surface area contributed by atoms with Crippen LogP contribution in [0.2, 0.25) is 0 Å². The molecule has 0 bridgehead atoms. The number of benzene rings is 3. The van der Waals surface area contributed by atoms with Gasteiger partial charge in [-0.05, 0) is 48.4 Å². The number of anilines is 1. The number of hydrogen-bond donors (Lipinski definition) is 1. The summed E-state index contributed by atoms with van der Waals surface area (Å²) in [5.74, 6) is -0.883. The van der Waals surface area contributed by atoms with Crippen LogP contribution in [0.25, 0.3) is 0 Å². The molecular formula is C23H18N2O3. The van der Waals surface area contributed by atoms with E-state index in [0.29, 0.717) is 28.9 Å². The molecule has 0 radical (unpaired) electrons. The Balaban J connectivity index is 1.42. The van der Waals surface area contributed by atoms with Crippen molar-refractivity contribution in [2.24, 2.45) is 0 Å². The van der Waals surface area contributed by atoms with Crippen LogP contribution in [0, 0.1) is 0 Å². The number of nitrogens with zero attached hydrogens (tertiary/aromatic N) is 1. The number of carbonyl (C=O) groups excluding carboxylic acids is 3. The fraction of sp³-hybridized carbons (Fsp3) is 0.0870. The molecule has 0 spiro atoms. The van der Waals surface area contributed by atoms with E-state index in [1.165, 1.54) is 0 Å². The highest BCUT2D eigenvalue weighted by molar-refractivity contribution is 6.34. The highest BCUT2D eigenvalue weighted by atomic mass is 16.2. The van der Waals surface area contributed by atoms with Gasteiger partial charge in [0.2, 0.25) is 0 Å². The molecule has 0 aromatic heterocycles. The second kappa shape index (κ2) is 7.48. The molecular weight excluding hydrogens is 352 g/mol. The fourth-order valence-corrected chi connectivity index (χ4v) is 3.25. The zero-order chi connectivity index (χ0) is 19.5. The molecule has 1 aliphatic rings. The van der Waals surface area contributed by atoms with Crippen LogP contribution in [-0.4, -0.2) is 24.3 Å². The van der Waals surface area contributed by atoms with E-state index in [9.17, 15) is 14.4 Å². The maximum atomic E-state index is 12.5. The second-order valence-corrected chi connectivity index (χ2v) is 6.53. The summed E-state index contributed by atoms with van der Waals surface area (Å²) in [6, 6.07) is 23.2. The predicted molar refractivity (Wildman–Crippen MR) is 107 cm³/mol. The largest absolute Gasteiger partial charge is 0.352 e. The zero-order valence-corrected chi connectivity index (χ0v) is 15.1. The van der Waals surface area contributed by atoms with Crippen molar-refractivity contribution in [3.05, 3.63) is 101 Å². The van der Waals surface area contributed by atoms with Crippen LogP contribution >= 0.6 is 0 Å². The minimum atomic E-state index is -0.347. The van der Waals surface area contributed by atoms with E-state index in [0.717, 1.165) is 16.9 Å². The van der Waals surface area contributed by atoms with E-state index in [-0.39, 0.29) is 17.7 Å². The summed E-state index contributed by atoms with van der Waals surface area (Å²) < 4.78 is 0. The Morgan fingerprint density at radius 1 is 0.750 bits per heavy atom. The van der Waals surface area contributed by atoms with Gasteiger partial charge in [0.15, 0.2) is 0 Å². The van der Waals surface area contributed by atoms with Crippen LogP contribution in [0.4, 0.5) is 5.69 Å². The molecule has 4 rings (SSSR count). The third-order valence-electron chi connectivity index (χ3n) is 4.72. The number of carbonyl (C=O) groups is 3. The minimum Gasteiger partial charge on any atom is -0.352 e. The monoisotopic (exact) mass is 370 g/mol. The summed E-state index contributed by atoms with van der Waals surface area (Å²) >= 11 is 0. The van der Waals surface area contributed by atoms with Crippen molar-refractivity contribution in [1.29, 1.82) is 0 Å². The first-order chi connectivity index (χ1) is 13.6. The van der Waals surface area contributed by atoms with E-state index >= 15 is 0 Å². The van der Waals surface area contributed by atoms with Gasteiger partial charge in [-0.2, -0.15) is 0 Å². The normalized spacial score (nSPS) is 12.8. The van der Waals surface area contributed by atoms with Gasteiger partial charge in [-0.15, -0.1) is 0 Å². The number of hydrogen-bond acceptors (Lipinski definition) is 3. The third kappa shape index (κ3) is 3.30. The first kappa shape index (κ1) is 17.7. The molecule has 5 nitrogen and oxygen atoms in total. The summed E-state index contributed by atoms with van der Waals surface area (Å²) in [6.45, 7) is 0.531. The molecule has 1 heterocycles. The molecule has 3 amide bonds. The molecule has 28 heavy (non-hydrogen) atoms. The summed E-state index contributed by atoms with van der Waals surface area (Å²) in [4.78, 5) is 38.5. The van der Waals surface area contributed by atoms with Gasteiger partial charge in [0.1, 0.15) is 0 Å². The van der Waals surface area contributed by atoms with Gasteiger partial charge in [-0.1, -0.05) is 42.5 Å². The summed E-state index contributed by atoms with van der Waals surface area (Å²) in [7, 11) is 0. The minimum absolute atomic E-state index is 0.190. The number of fused-ring (bicyclic) bond motifs is 1. The van der Waals surface area contributed by atoms with Crippen LogP contribution in [-0.2, 0) is 6.42 Å². The Hall–Kier alpha value is -3.73. The Morgan fingerprint density at radius 3 is 1.93 bits per heavy atom. The molecule has 5 heteroatoms. The molecule has 0 aliphatic carbocycles. The molecule has 1 aliphatic heterocycles. The first-order valence-electron chi connectivity index (χ1n) is 9.05. The lowest BCUT2D eigenvalue weighted by Crippen LogP contribution is -2.29. The van der Waals surface area contributed by atoms with E-state index in [4.69, 9.17) is 0 Å². The van der Waals surface area contributed by atoms with Gasteiger partial charge >= 0.3 is 0 Å². The van der Waals surface area contributed by atoms with Crippen molar-refractivity contribution in [3.63, 3.8) is 0 Å². The summed E-state index contributed by atoms with van der Waals surface area (Å²) in [5, 5.41) is 2.88. The Kier molecular flexibility index (Phi) is 4.72. The van der Waals surface area contributed by atoms with Gasteiger partial charge in [0.25, 0.3) is 17.7 Å². The number of rotatable bonds is 5. The van der Waals surface area contributed by atoms with Crippen LogP contribution in [0.15, 0.2) is 78.9 Å². The van der Waals surface area contributed by atoms with Crippen molar-refractivity contribution in [2.45, 2.75) is 6.42 Å². The van der Waals surface area contributed by atoms with Gasteiger partial charge in [0, 0.05) is 12.1 Å². The molecule has 138 valence electrons. The van der Waals surface area contributed by atoms with E-state index in [1.807, 2.05) is 30.3 Å². The Labute approximate surface area is 162 Å². The molecule has 0 atom stereocenters. The van der Waals surface area contributed by atoms with Gasteiger partial charge in [-0.25, -0.2) is 4.90 Å². The molecule has 0 saturated carbocycles. The molecule has 1 N–H and O–H groups in total. The van der Waals surface area contributed by atoms with E-state index in [2.05, 4.69) is 5.32 Å². The lowest BCUT2D eigenvalue weighted by atomic mass is 10.1. The van der Waals surface area contributed by atoms with Crippen molar-refractivity contribution < 1.29 is 14.4 Å². The zero-order valence-electron chi connectivity index (χ0n) is 15.1. The number of imide groups is 1. The average molecular weight is 370 g/mol. The predicted octanol–water partition coefficient (Wildman–Crippen LogP) is 3.46. The first-order valence-corrected chi connectivity index (χ1v) is 9.05. The maximum absolute atomic E-state index is 12.5. The van der Waals surface area contributed by atoms with Gasteiger partial charge < -0.3 is 5.32 Å². The van der Waals surface area contributed by atoms with E-state index < -0.39 is 0 Å². The lowest BCUT2D eigenvalue weighted by molar-refractivity contribution is 0.0923. The van der Waals surface area contributed by atoms with Crippen LogP contribution in [0.5, 0.6) is 0 Å². The third-order valence-corrected chi connectivity index (χ3v) is 4.72. The average Bonchev–Trinajstić information content (AvgIpc) is 2.99. The number of nitrogens with one attached hydrogen (secondary N) is 1. The van der Waals surface area contributed by atoms with Crippen molar-refractivity contribution in [3.8, 4) is 0 Å². The van der Waals surface area contributed by atoms with E-state index in [1.54, 1.807) is 48.5 Å². The Bertz CT molecular complexity index is 1010. The van der Waals surface area contributed by atoms with Gasteiger partial charge in [0.05, 0.1) is 16.8 Å².